The topological polar surface area (TPSA) is 23.8 Å². The van der Waals surface area contributed by atoms with Crippen LogP contribution in [0.4, 0.5) is 0 Å². The van der Waals surface area contributed by atoms with Crippen LogP contribution in [-0.4, -0.2) is 0 Å². The molecule has 2 rings (SSSR count). The number of rotatable bonds is 3. The standard InChI is InChI=1S/C18H23N/c1-3-15-7-10-18(2,11-8-15)12-9-16-5-4-6-17(13-16)14-19/h4-6,9,12-13,15H,3,7-8,10-11H2,1-2H3/b12-9+. The van der Waals surface area contributed by atoms with Gasteiger partial charge in [-0.1, -0.05) is 44.6 Å². The first-order chi connectivity index (χ1) is 9.15. The number of nitrogens with zero attached hydrogens (tertiary/aromatic N) is 1. The minimum Gasteiger partial charge on any atom is -0.192 e. The van der Waals surface area contributed by atoms with Crippen molar-refractivity contribution in [2.45, 2.75) is 46.0 Å². The van der Waals surface area contributed by atoms with Crippen LogP contribution in [0.5, 0.6) is 0 Å². The molecule has 1 aliphatic rings. The molecule has 0 unspecified atom stereocenters. The lowest BCUT2D eigenvalue weighted by molar-refractivity contribution is 0.219. The van der Waals surface area contributed by atoms with E-state index in [0.717, 1.165) is 17.0 Å². The van der Waals surface area contributed by atoms with Crippen molar-refractivity contribution in [1.82, 2.24) is 0 Å². The van der Waals surface area contributed by atoms with Gasteiger partial charge < -0.3 is 0 Å². The molecule has 1 nitrogen and oxygen atoms in total. The third-order valence-electron chi connectivity index (χ3n) is 4.52. The van der Waals surface area contributed by atoms with Gasteiger partial charge in [0.2, 0.25) is 0 Å². The van der Waals surface area contributed by atoms with Crippen LogP contribution in [0.1, 0.15) is 57.1 Å². The van der Waals surface area contributed by atoms with Gasteiger partial charge in [-0.25, -0.2) is 0 Å². The second-order valence-electron chi connectivity index (χ2n) is 6.08. The average Bonchev–Trinajstić information content (AvgIpc) is 2.46. The molecular formula is C18H23N. The van der Waals surface area contributed by atoms with E-state index in [1.54, 1.807) is 0 Å². The van der Waals surface area contributed by atoms with Crippen LogP contribution in [0.3, 0.4) is 0 Å². The summed E-state index contributed by atoms with van der Waals surface area (Å²) in [5.41, 5.74) is 2.22. The van der Waals surface area contributed by atoms with Gasteiger partial charge in [-0.15, -0.1) is 0 Å². The van der Waals surface area contributed by atoms with Crippen molar-refractivity contribution in [1.29, 1.82) is 5.26 Å². The zero-order valence-corrected chi connectivity index (χ0v) is 12.0. The van der Waals surface area contributed by atoms with Crippen LogP contribution in [0, 0.1) is 22.7 Å². The molecule has 19 heavy (non-hydrogen) atoms. The van der Waals surface area contributed by atoms with Crippen LogP contribution in [0.25, 0.3) is 6.08 Å². The van der Waals surface area contributed by atoms with Gasteiger partial charge in [0.15, 0.2) is 0 Å². The molecule has 0 amide bonds. The Hall–Kier alpha value is -1.55. The number of allylic oxidation sites excluding steroid dienone is 1. The maximum Gasteiger partial charge on any atom is 0.0991 e. The number of benzene rings is 1. The third-order valence-corrected chi connectivity index (χ3v) is 4.52. The average molecular weight is 253 g/mol. The van der Waals surface area contributed by atoms with Gasteiger partial charge in [-0.05, 0) is 54.7 Å². The van der Waals surface area contributed by atoms with E-state index in [1.165, 1.54) is 32.1 Å². The predicted molar refractivity (Wildman–Crippen MR) is 80.5 cm³/mol. The molecule has 0 saturated heterocycles. The largest absolute Gasteiger partial charge is 0.192 e. The molecule has 1 aromatic rings. The van der Waals surface area contributed by atoms with E-state index in [0.29, 0.717) is 5.41 Å². The molecule has 0 spiro atoms. The maximum atomic E-state index is 8.91. The Bertz CT molecular complexity index is 485. The maximum absolute atomic E-state index is 8.91. The molecule has 0 heterocycles. The van der Waals surface area contributed by atoms with E-state index < -0.39 is 0 Å². The normalized spacial score (nSPS) is 27.3. The van der Waals surface area contributed by atoms with Gasteiger partial charge in [0, 0.05) is 0 Å². The fraction of sp³-hybridized carbons (Fsp3) is 0.500. The first-order valence-corrected chi connectivity index (χ1v) is 7.34. The van der Waals surface area contributed by atoms with E-state index in [4.69, 9.17) is 5.26 Å². The summed E-state index contributed by atoms with van der Waals surface area (Å²) in [6.45, 7) is 4.67. The van der Waals surface area contributed by atoms with Gasteiger partial charge in [-0.2, -0.15) is 5.26 Å². The fourth-order valence-electron chi connectivity index (χ4n) is 2.92. The molecule has 0 aromatic heterocycles. The Balaban J connectivity index is 2.04. The van der Waals surface area contributed by atoms with Crippen molar-refractivity contribution in [3.8, 4) is 6.07 Å². The summed E-state index contributed by atoms with van der Waals surface area (Å²) >= 11 is 0. The highest BCUT2D eigenvalue weighted by molar-refractivity contribution is 5.52. The Labute approximate surface area is 117 Å². The SMILES string of the molecule is CCC1CCC(C)(/C=C/c2cccc(C#N)c2)CC1. The summed E-state index contributed by atoms with van der Waals surface area (Å²) in [5, 5.41) is 8.91. The molecule has 0 radical (unpaired) electrons. The first-order valence-electron chi connectivity index (χ1n) is 7.34. The van der Waals surface area contributed by atoms with Crippen molar-refractivity contribution in [2.24, 2.45) is 11.3 Å². The molecule has 1 fully saturated rings. The molecule has 0 bridgehead atoms. The highest BCUT2D eigenvalue weighted by Crippen LogP contribution is 2.41. The summed E-state index contributed by atoms with van der Waals surface area (Å²) in [6.07, 6.45) is 11.2. The predicted octanol–water partition coefficient (Wildman–Crippen LogP) is 5.18. The van der Waals surface area contributed by atoms with E-state index in [9.17, 15) is 0 Å². The smallest absolute Gasteiger partial charge is 0.0991 e. The minimum atomic E-state index is 0.342. The summed E-state index contributed by atoms with van der Waals surface area (Å²) in [7, 11) is 0. The van der Waals surface area contributed by atoms with Crippen molar-refractivity contribution >= 4 is 6.08 Å². The lowest BCUT2D eigenvalue weighted by Gasteiger charge is -2.34. The van der Waals surface area contributed by atoms with Crippen molar-refractivity contribution in [3.05, 3.63) is 41.5 Å². The Morgan fingerprint density at radius 3 is 2.74 bits per heavy atom. The Morgan fingerprint density at radius 2 is 2.11 bits per heavy atom. The van der Waals surface area contributed by atoms with Gasteiger partial charge in [0.05, 0.1) is 11.6 Å². The molecule has 1 saturated carbocycles. The summed E-state index contributed by atoms with van der Waals surface area (Å²) in [6, 6.07) is 10.0. The number of hydrogen-bond donors (Lipinski definition) is 0. The Morgan fingerprint density at radius 1 is 1.37 bits per heavy atom. The zero-order chi connectivity index (χ0) is 13.7. The quantitative estimate of drug-likeness (QED) is 0.728. The summed E-state index contributed by atoms with van der Waals surface area (Å²) in [5.74, 6) is 0.934. The van der Waals surface area contributed by atoms with Crippen LogP contribution >= 0.6 is 0 Å². The van der Waals surface area contributed by atoms with Crippen LogP contribution in [0.15, 0.2) is 30.3 Å². The minimum absolute atomic E-state index is 0.342. The van der Waals surface area contributed by atoms with Gasteiger partial charge in [0.1, 0.15) is 0 Å². The Kier molecular flexibility index (Phi) is 4.43. The summed E-state index contributed by atoms with van der Waals surface area (Å²) < 4.78 is 0. The van der Waals surface area contributed by atoms with Crippen molar-refractivity contribution < 1.29 is 0 Å². The fourth-order valence-corrected chi connectivity index (χ4v) is 2.92. The molecule has 1 aliphatic carbocycles. The van der Waals surface area contributed by atoms with E-state index in [1.807, 2.05) is 18.2 Å². The summed E-state index contributed by atoms with van der Waals surface area (Å²) in [4.78, 5) is 0. The monoisotopic (exact) mass is 253 g/mol. The molecule has 0 aliphatic heterocycles. The van der Waals surface area contributed by atoms with Crippen LogP contribution < -0.4 is 0 Å². The lowest BCUT2D eigenvalue weighted by Crippen LogP contribution is -2.22. The second-order valence-corrected chi connectivity index (χ2v) is 6.08. The first kappa shape index (κ1) is 13.9. The van der Waals surface area contributed by atoms with Crippen molar-refractivity contribution in [3.63, 3.8) is 0 Å². The molecule has 1 heteroatoms. The number of hydrogen-bond acceptors (Lipinski definition) is 1. The van der Waals surface area contributed by atoms with Gasteiger partial charge >= 0.3 is 0 Å². The lowest BCUT2D eigenvalue weighted by atomic mass is 9.71. The third kappa shape index (κ3) is 3.70. The van der Waals surface area contributed by atoms with Gasteiger partial charge in [0.25, 0.3) is 0 Å². The highest BCUT2D eigenvalue weighted by atomic mass is 14.3. The zero-order valence-electron chi connectivity index (χ0n) is 12.0. The van der Waals surface area contributed by atoms with Crippen molar-refractivity contribution in [2.75, 3.05) is 0 Å². The van der Waals surface area contributed by atoms with Gasteiger partial charge in [-0.3, -0.25) is 0 Å². The molecule has 100 valence electrons. The highest BCUT2D eigenvalue weighted by Gasteiger charge is 2.27. The molecule has 1 aromatic carbocycles. The molecular weight excluding hydrogens is 230 g/mol. The number of nitriles is 1. The van der Waals surface area contributed by atoms with Crippen LogP contribution in [-0.2, 0) is 0 Å². The van der Waals surface area contributed by atoms with E-state index in [2.05, 4.69) is 38.1 Å². The second kappa shape index (κ2) is 6.06. The van der Waals surface area contributed by atoms with E-state index >= 15 is 0 Å². The molecule has 0 atom stereocenters. The molecule has 0 N–H and O–H groups in total. The van der Waals surface area contributed by atoms with Crippen LogP contribution in [0.2, 0.25) is 0 Å². The van der Waals surface area contributed by atoms with E-state index in [-0.39, 0.29) is 0 Å².